The molecule has 0 spiro atoms. The van der Waals surface area contributed by atoms with Gasteiger partial charge in [-0.3, -0.25) is 23.9 Å². The largest absolute Gasteiger partial charge is 0.449 e. The molecule has 4 bridgehead atoms. The van der Waals surface area contributed by atoms with E-state index < -0.39 is 80.0 Å². The van der Waals surface area contributed by atoms with Gasteiger partial charge in [-0.25, -0.2) is 13.2 Å². The Morgan fingerprint density at radius 2 is 1.83 bits per heavy atom. The number of aryl methyl sites for hydroxylation is 1. The number of carbonyl (C=O) groups is 5. The highest BCUT2D eigenvalue weighted by molar-refractivity contribution is 7.91. The molecule has 6 rings (SSSR count). The molecular formula is C39H52N6O8S. The number of carbonyl (C=O) groups excluding carboxylic acids is 5. The van der Waals surface area contributed by atoms with Crippen LogP contribution in [0.4, 0.5) is 4.79 Å². The van der Waals surface area contributed by atoms with Gasteiger partial charge in [0.05, 0.1) is 11.9 Å². The Morgan fingerprint density at radius 3 is 2.48 bits per heavy atom. The van der Waals surface area contributed by atoms with E-state index in [0.717, 1.165) is 16.5 Å². The van der Waals surface area contributed by atoms with Gasteiger partial charge in [0.15, 0.2) is 0 Å². The Labute approximate surface area is 316 Å². The molecule has 1 aromatic carbocycles. The Hall–Kier alpha value is -4.66. The highest BCUT2D eigenvalue weighted by Crippen LogP contribution is 2.45. The van der Waals surface area contributed by atoms with Crippen molar-refractivity contribution in [2.24, 2.45) is 23.8 Å². The molecule has 2 aromatic rings. The van der Waals surface area contributed by atoms with Gasteiger partial charge in [-0.05, 0) is 67.1 Å². The minimum Gasteiger partial charge on any atom is -0.449 e. The first-order chi connectivity index (χ1) is 25.3. The lowest BCUT2D eigenvalue weighted by atomic mass is 9.85. The Bertz CT molecular complexity index is 2030. The number of amides is 5. The van der Waals surface area contributed by atoms with Crippen LogP contribution in [0.15, 0.2) is 43.0 Å². The number of hydrogen-bond donors (Lipinski definition) is 4. The fourth-order valence-corrected chi connectivity index (χ4v) is 8.81. The summed E-state index contributed by atoms with van der Waals surface area (Å²) in [6.45, 7) is 13.1. The van der Waals surface area contributed by atoms with E-state index in [1.807, 2.05) is 44.2 Å². The van der Waals surface area contributed by atoms with Crippen LogP contribution in [0.3, 0.4) is 0 Å². The number of cyclic esters (lactones) is 1. The average Bonchev–Trinajstić information content (AvgIpc) is 4.00. The molecule has 5 atom stereocenters. The van der Waals surface area contributed by atoms with Gasteiger partial charge in [0.2, 0.25) is 21.8 Å². The number of nitrogens with one attached hydrogen (secondary N) is 4. The first-order valence-corrected chi connectivity index (χ1v) is 20.1. The Morgan fingerprint density at radius 1 is 1.11 bits per heavy atom. The smallest absolute Gasteiger partial charge is 0.407 e. The molecule has 0 radical (unpaired) electrons. The number of alkyl carbamates (subject to hydrolysis) is 1. The van der Waals surface area contributed by atoms with Crippen molar-refractivity contribution in [2.75, 3.05) is 13.2 Å². The molecule has 4 aliphatic rings. The molecule has 3 heterocycles. The number of allylic oxidation sites excluding steroid dienone is 1. The number of benzene rings is 1. The van der Waals surface area contributed by atoms with E-state index in [1.165, 1.54) is 11.0 Å². The molecule has 2 aliphatic heterocycles. The van der Waals surface area contributed by atoms with Crippen LogP contribution in [0.1, 0.15) is 89.2 Å². The van der Waals surface area contributed by atoms with E-state index in [9.17, 15) is 32.4 Å². The summed E-state index contributed by atoms with van der Waals surface area (Å²) in [5, 5.41) is 8.77. The van der Waals surface area contributed by atoms with Crippen molar-refractivity contribution in [3.63, 3.8) is 0 Å². The zero-order valence-electron chi connectivity index (χ0n) is 31.9. The average molecular weight is 765 g/mol. The lowest BCUT2D eigenvalue weighted by Crippen LogP contribution is -2.60. The molecule has 1 saturated heterocycles. The maximum atomic E-state index is 14.5. The minimum atomic E-state index is -3.91. The monoisotopic (exact) mass is 764 g/mol. The molecule has 15 heteroatoms. The molecule has 2 saturated carbocycles. The van der Waals surface area contributed by atoms with Crippen LogP contribution in [0.5, 0.6) is 0 Å². The second-order valence-electron chi connectivity index (χ2n) is 17.1. The van der Waals surface area contributed by atoms with E-state index in [-0.39, 0.29) is 31.4 Å². The molecule has 3 fully saturated rings. The summed E-state index contributed by atoms with van der Waals surface area (Å²) >= 11 is 0. The molecule has 0 unspecified atom stereocenters. The highest BCUT2D eigenvalue weighted by Gasteiger charge is 2.62. The molecule has 4 N–H and O–H groups in total. The number of ether oxygens (including phenoxy) is 1. The third-order valence-corrected chi connectivity index (χ3v) is 12.9. The van der Waals surface area contributed by atoms with E-state index in [0.29, 0.717) is 31.4 Å². The zero-order chi connectivity index (χ0) is 39.4. The predicted molar refractivity (Wildman–Crippen MR) is 203 cm³/mol. The van der Waals surface area contributed by atoms with Crippen LogP contribution in [0.25, 0.3) is 17.0 Å². The van der Waals surface area contributed by atoms with E-state index in [1.54, 1.807) is 32.4 Å². The van der Waals surface area contributed by atoms with E-state index >= 15 is 0 Å². The summed E-state index contributed by atoms with van der Waals surface area (Å²) in [5.41, 5.74) is -0.607. The predicted octanol–water partition coefficient (Wildman–Crippen LogP) is 3.52. The molecule has 2 aliphatic carbocycles. The summed E-state index contributed by atoms with van der Waals surface area (Å²) < 4.78 is 35.0. The quantitative estimate of drug-likeness (QED) is 0.322. The van der Waals surface area contributed by atoms with E-state index in [2.05, 4.69) is 33.3 Å². The van der Waals surface area contributed by atoms with Crippen molar-refractivity contribution in [3.05, 3.63) is 54.3 Å². The van der Waals surface area contributed by atoms with Crippen LogP contribution in [-0.4, -0.2) is 89.7 Å². The second kappa shape index (κ2) is 14.2. The van der Waals surface area contributed by atoms with Crippen LogP contribution in [0, 0.1) is 16.7 Å². The minimum absolute atomic E-state index is 0.00638. The number of fused-ring (bicyclic) bond motifs is 3. The first kappa shape index (κ1) is 39.0. The fourth-order valence-electron chi connectivity index (χ4n) is 7.45. The van der Waals surface area contributed by atoms with Gasteiger partial charge < -0.3 is 30.2 Å². The lowest BCUT2D eigenvalue weighted by Gasteiger charge is -2.35. The standard InChI is InChI=1S/C39H52N6O8S/c1-8-24-20-39(24,35(49)43-54(51,52)26-15-16-26)42-33(47)30-18-25-21-45(30)34(48)31(37(2,3)4)41-36(50)53-22-38(5,6)17-10-9-12-23-13-11-14-28-27(23)19-29(44(28)7)32(46)40-25/h8-9,11-14,19,24-26,30-31H,1,10,15-18,20-22H2,2-7H3,(H,40,46)(H,41,50)(H,42,47)(H,43,49)/t24-,25-,30+,31-,39-/m1/s1. The molecule has 1 aromatic heterocycles. The van der Waals surface area contributed by atoms with Crippen LogP contribution >= 0.6 is 0 Å². The van der Waals surface area contributed by atoms with Crippen molar-refractivity contribution in [1.29, 1.82) is 0 Å². The normalized spacial score (nSPS) is 27.8. The first-order valence-electron chi connectivity index (χ1n) is 18.6. The SMILES string of the molecule is C=C[C@@H]1C[C@]1(NC(=O)[C@@H]1C[C@@H]2CN1C(=O)[C@H](C(C)(C)C)NC(=O)OCC(C)(C)CCC=Cc1cccc3c1cc(n3C)C(=O)N2)C(=O)NS(=O)(=O)C1CC1. The maximum Gasteiger partial charge on any atom is 0.407 e. The number of sulfonamides is 1. The third-order valence-electron chi connectivity index (χ3n) is 11.1. The molecule has 14 nitrogen and oxygen atoms in total. The fraction of sp³-hybridized carbons (Fsp3) is 0.564. The van der Waals surface area contributed by atoms with Crippen LogP contribution in [-0.2, 0) is 36.2 Å². The summed E-state index contributed by atoms with van der Waals surface area (Å²) in [6, 6.07) is 4.66. The molecule has 5 amide bonds. The summed E-state index contributed by atoms with van der Waals surface area (Å²) in [5.74, 6) is -3.07. The summed E-state index contributed by atoms with van der Waals surface area (Å²) in [7, 11) is -2.11. The van der Waals surface area contributed by atoms with Gasteiger partial charge in [-0.15, -0.1) is 6.58 Å². The topological polar surface area (TPSA) is 185 Å². The van der Waals surface area contributed by atoms with Crippen molar-refractivity contribution >= 4 is 56.7 Å². The van der Waals surface area contributed by atoms with Crippen LogP contribution < -0.4 is 20.7 Å². The number of aromatic nitrogens is 1. The molecule has 54 heavy (non-hydrogen) atoms. The van der Waals surface area contributed by atoms with Gasteiger partial charge >= 0.3 is 6.09 Å². The number of hydrogen-bond acceptors (Lipinski definition) is 8. The van der Waals surface area contributed by atoms with Gasteiger partial charge in [0.1, 0.15) is 23.3 Å². The van der Waals surface area contributed by atoms with Gasteiger partial charge in [0.25, 0.3) is 11.8 Å². The number of rotatable bonds is 6. The van der Waals surface area contributed by atoms with Gasteiger partial charge in [0, 0.05) is 36.5 Å². The number of nitrogens with zero attached hydrogens (tertiary/aromatic N) is 2. The molecular weight excluding hydrogens is 713 g/mol. The lowest BCUT2D eigenvalue weighted by molar-refractivity contribution is -0.142. The van der Waals surface area contributed by atoms with Crippen LogP contribution in [0.2, 0.25) is 0 Å². The zero-order valence-corrected chi connectivity index (χ0v) is 32.7. The second-order valence-corrected chi connectivity index (χ2v) is 19.0. The summed E-state index contributed by atoms with van der Waals surface area (Å²) in [4.78, 5) is 70.8. The summed E-state index contributed by atoms with van der Waals surface area (Å²) in [6.07, 6.45) is 7.23. The van der Waals surface area contributed by atoms with Crippen molar-refractivity contribution in [2.45, 2.75) is 102 Å². The highest BCUT2D eigenvalue weighted by atomic mass is 32.2. The van der Waals surface area contributed by atoms with E-state index in [4.69, 9.17) is 4.74 Å². The van der Waals surface area contributed by atoms with Gasteiger partial charge in [-0.2, -0.15) is 0 Å². The van der Waals surface area contributed by atoms with Crippen molar-refractivity contribution in [3.8, 4) is 0 Å². The van der Waals surface area contributed by atoms with Crippen molar-refractivity contribution < 1.29 is 37.1 Å². The third kappa shape index (κ3) is 7.91. The Balaban J connectivity index is 1.34. The van der Waals surface area contributed by atoms with Crippen molar-refractivity contribution in [1.82, 2.24) is 30.1 Å². The maximum absolute atomic E-state index is 14.5. The molecule has 292 valence electrons. The Kier molecular flexibility index (Phi) is 10.3. The van der Waals surface area contributed by atoms with Gasteiger partial charge in [-0.1, -0.05) is 65.0 Å².